The number of hydrogen-bond acceptors (Lipinski definition) is 3. The van der Waals surface area contributed by atoms with Crippen molar-refractivity contribution < 1.29 is 9.84 Å². The fourth-order valence-corrected chi connectivity index (χ4v) is 6.37. The lowest BCUT2D eigenvalue weighted by molar-refractivity contribution is 0.130. The molecule has 3 aromatic carbocycles. The fraction of sp³-hybridized carbons (Fsp3) is 0.394. The molecule has 0 aromatic heterocycles. The number of benzene rings is 3. The van der Waals surface area contributed by atoms with E-state index in [9.17, 15) is 5.11 Å². The van der Waals surface area contributed by atoms with Crippen molar-refractivity contribution in [3.63, 3.8) is 0 Å². The lowest BCUT2D eigenvalue weighted by Crippen LogP contribution is -2.42. The fourth-order valence-electron chi connectivity index (χ4n) is 6.25. The van der Waals surface area contributed by atoms with Gasteiger partial charge in [-0.2, -0.15) is 0 Å². The third kappa shape index (κ3) is 5.04. The maximum atomic E-state index is 11.5. The van der Waals surface area contributed by atoms with Crippen LogP contribution in [0.3, 0.4) is 0 Å². The minimum atomic E-state index is -0.402. The number of nitrogens with zero attached hydrogens (tertiary/aromatic N) is 1. The molecule has 3 nitrogen and oxygen atoms in total. The van der Waals surface area contributed by atoms with E-state index in [4.69, 9.17) is 16.3 Å². The second kappa shape index (κ2) is 10.2. The molecule has 194 valence electrons. The second-order valence-corrected chi connectivity index (χ2v) is 11.7. The first kappa shape index (κ1) is 25.9. The zero-order valence-corrected chi connectivity index (χ0v) is 23.2. The van der Waals surface area contributed by atoms with E-state index in [1.807, 2.05) is 18.2 Å². The van der Waals surface area contributed by atoms with Gasteiger partial charge in [0.15, 0.2) is 0 Å². The third-order valence-electron chi connectivity index (χ3n) is 8.33. The van der Waals surface area contributed by atoms with Gasteiger partial charge in [0.2, 0.25) is 0 Å². The SMILES string of the molecule is CCCC(C)(c1ccc(Cl)cc1)c1cc(O)c2c(c1)OC(C)(C)C1=C2CN(CCc2ccccc2)CC1. The zero-order chi connectivity index (χ0) is 26.2. The normalized spacial score (nSPS) is 18.5. The first-order valence-corrected chi connectivity index (χ1v) is 13.9. The molecule has 1 unspecified atom stereocenters. The Kier molecular flexibility index (Phi) is 7.13. The Morgan fingerprint density at radius 3 is 2.46 bits per heavy atom. The van der Waals surface area contributed by atoms with E-state index in [1.165, 1.54) is 22.3 Å². The van der Waals surface area contributed by atoms with Crippen molar-refractivity contribution in [1.82, 2.24) is 4.90 Å². The molecule has 0 fully saturated rings. The summed E-state index contributed by atoms with van der Waals surface area (Å²) in [5, 5.41) is 12.2. The van der Waals surface area contributed by atoms with Crippen molar-refractivity contribution in [2.24, 2.45) is 0 Å². The molecule has 0 saturated heterocycles. The number of hydrogen-bond donors (Lipinski definition) is 1. The van der Waals surface area contributed by atoms with E-state index in [1.54, 1.807) is 0 Å². The quantitative estimate of drug-likeness (QED) is 0.345. The molecule has 4 heteroatoms. The van der Waals surface area contributed by atoms with Gasteiger partial charge >= 0.3 is 0 Å². The van der Waals surface area contributed by atoms with E-state index >= 15 is 0 Å². The van der Waals surface area contributed by atoms with Crippen LogP contribution in [0.2, 0.25) is 5.02 Å². The molecule has 0 amide bonds. The van der Waals surface area contributed by atoms with Crippen molar-refractivity contribution in [2.45, 2.75) is 64.4 Å². The van der Waals surface area contributed by atoms with Crippen LogP contribution in [0.25, 0.3) is 5.57 Å². The number of phenolic OH excluding ortho intramolecular Hbond substituents is 1. The van der Waals surface area contributed by atoms with Gasteiger partial charge in [-0.15, -0.1) is 0 Å². The van der Waals surface area contributed by atoms with Crippen LogP contribution >= 0.6 is 11.6 Å². The van der Waals surface area contributed by atoms with Gasteiger partial charge in [0.1, 0.15) is 17.1 Å². The molecule has 0 aliphatic carbocycles. The van der Waals surface area contributed by atoms with Gasteiger partial charge in [-0.1, -0.05) is 74.3 Å². The Morgan fingerprint density at radius 1 is 1.03 bits per heavy atom. The van der Waals surface area contributed by atoms with E-state index in [2.05, 4.69) is 81.1 Å². The van der Waals surface area contributed by atoms with E-state index in [-0.39, 0.29) is 5.41 Å². The van der Waals surface area contributed by atoms with Crippen LogP contribution in [0.1, 0.15) is 69.2 Å². The Balaban J connectivity index is 1.50. The molecule has 3 aromatic rings. The van der Waals surface area contributed by atoms with Crippen molar-refractivity contribution in [3.8, 4) is 11.5 Å². The average molecular weight is 516 g/mol. The molecule has 37 heavy (non-hydrogen) atoms. The molecule has 0 radical (unpaired) electrons. The third-order valence-corrected chi connectivity index (χ3v) is 8.58. The Morgan fingerprint density at radius 2 is 1.76 bits per heavy atom. The molecular formula is C33H38ClNO2. The van der Waals surface area contributed by atoms with Crippen molar-refractivity contribution >= 4 is 17.2 Å². The van der Waals surface area contributed by atoms with E-state index in [0.717, 1.165) is 67.2 Å². The predicted octanol–water partition coefficient (Wildman–Crippen LogP) is 8.02. The smallest absolute Gasteiger partial charge is 0.132 e. The summed E-state index contributed by atoms with van der Waals surface area (Å²) in [5.74, 6) is 1.11. The summed E-state index contributed by atoms with van der Waals surface area (Å²) in [4.78, 5) is 2.51. The Bertz CT molecular complexity index is 1300. The molecule has 0 bridgehead atoms. The number of halogens is 1. The molecule has 2 aliphatic heterocycles. The van der Waals surface area contributed by atoms with Gasteiger partial charge in [0, 0.05) is 30.1 Å². The van der Waals surface area contributed by atoms with Gasteiger partial charge in [-0.3, -0.25) is 4.90 Å². The van der Waals surface area contributed by atoms with Crippen LogP contribution in [0, 0.1) is 0 Å². The van der Waals surface area contributed by atoms with Gasteiger partial charge in [-0.25, -0.2) is 0 Å². The van der Waals surface area contributed by atoms with Gasteiger partial charge in [-0.05, 0) is 85.2 Å². The summed E-state index contributed by atoms with van der Waals surface area (Å²) in [7, 11) is 0. The van der Waals surface area contributed by atoms with Gasteiger partial charge in [0.05, 0.1) is 5.56 Å². The number of aromatic hydroxyl groups is 1. The number of phenols is 1. The minimum absolute atomic E-state index is 0.262. The summed E-state index contributed by atoms with van der Waals surface area (Å²) in [5.41, 5.74) is 6.38. The number of fused-ring (bicyclic) bond motifs is 2. The van der Waals surface area contributed by atoms with E-state index < -0.39 is 5.60 Å². The summed E-state index contributed by atoms with van der Waals surface area (Å²) in [6.07, 6.45) is 3.96. The molecule has 2 aliphatic rings. The summed E-state index contributed by atoms with van der Waals surface area (Å²) in [6.45, 7) is 11.6. The van der Waals surface area contributed by atoms with Crippen molar-refractivity contribution in [3.05, 3.63) is 99.6 Å². The average Bonchev–Trinajstić information content (AvgIpc) is 2.87. The highest BCUT2D eigenvalue weighted by molar-refractivity contribution is 6.30. The summed E-state index contributed by atoms with van der Waals surface area (Å²) >= 11 is 6.20. The highest BCUT2D eigenvalue weighted by Crippen LogP contribution is 2.50. The van der Waals surface area contributed by atoms with Gasteiger partial charge < -0.3 is 9.84 Å². The maximum Gasteiger partial charge on any atom is 0.132 e. The maximum absolute atomic E-state index is 11.5. The van der Waals surface area contributed by atoms with Crippen LogP contribution in [0.5, 0.6) is 11.5 Å². The first-order chi connectivity index (χ1) is 17.7. The molecule has 0 saturated carbocycles. The van der Waals surface area contributed by atoms with Crippen LogP contribution in [-0.4, -0.2) is 35.2 Å². The van der Waals surface area contributed by atoms with Crippen molar-refractivity contribution in [1.29, 1.82) is 0 Å². The molecule has 5 rings (SSSR count). The predicted molar refractivity (Wildman–Crippen MR) is 154 cm³/mol. The molecule has 2 heterocycles. The van der Waals surface area contributed by atoms with Crippen LogP contribution in [-0.2, 0) is 11.8 Å². The molecule has 1 N–H and O–H groups in total. The van der Waals surface area contributed by atoms with Crippen LogP contribution < -0.4 is 4.74 Å². The summed E-state index contributed by atoms with van der Waals surface area (Å²) < 4.78 is 6.65. The largest absolute Gasteiger partial charge is 0.507 e. The van der Waals surface area contributed by atoms with Crippen molar-refractivity contribution in [2.75, 3.05) is 19.6 Å². The van der Waals surface area contributed by atoms with Gasteiger partial charge in [0.25, 0.3) is 0 Å². The Labute approximate surface area is 226 Å². The minimum Gasteiger partial charge on any atom is -0.507 e. The number of rotatable bonds is 7. The lowest BCUT2D eigenvalue weighted by Gasteiger charge is -2.43. The second-order valence-electron chi connectivity index (χ2n) is 11.3. The highest BCUT2D eigenvalue weighted by atomic mass is 35.5. The molecular weight excluding hydrogens is 478 g/mol. The lowest BCUT2D eigenvalue weighted by atomic mass is 9.72. The highest BCUT2D eigenvalue weighted by Gasteiger charge is 2.40. The Hall–Kier alpha value is -2.75. The van der Waals surface area contributed by atoms with Crippen LogP contribution in [0.15, 0.2) is 72.3 Å². The van der Waals surface area contributed by atoms with E-state index in [0.29, 0.717) is 5.75 Å². The number of ether oxygens (including phenoxy) is 1. The van der Waals surface area contributed by atoms with Crippen LogP contribution in [0.4, 0.5) is 0 Å². The standard InChI is InChI=1S/C33H38ClNO2/c1-5-17-33(4,24-11-13-26(34)14-12-24)25-20-29(36)31-27-22-35(18-15-23-9-7-6-8-10-23)19-16-28(27)32(2,3)37-30(31)21-25/h6-14,20-21,36H,5,15-19,22H2,1-4H3. The molecule has 0 spiro atoms. The monoisotopic (exact) mass is 515 g/mol. The first-order valence-electron chi connectivity index (χ1n) is 13.5. The zero-order valence-electron chi connectivity index (χ0n) is 22.5. The molecule has 1 atom stereocenters. The summed E-state index contributed by atoms with van der Waals surface area (Å²) in [6, 6.07) is 22.9. The topological polar surface area (TPSA) is 32.7 Å².